The number of amides is 1. The van der Waals surface area contributed by atoms with E-state index < -0.39 is 44.4 Å². The first-order valence-corrected chi connectivity index (χ1v) is 35.2. The van der Waals surface area contributed by atoms with Crippen LogP contribution in [0.25, 0.3) is 52.5 Å². The molecule has 1 aromatic carbocycles. The molecule has 6 aromatic rings. The second kappa shape index (κ2) is 19.1. The molecular formula is C57H74F4N8O4S2Si2. The maximum Gasteiger partial charge on any atom is 0.410 e. The number of ether oxygens (including phenoxy) is 3. The van der Waals surface area contributed by atoms with Crippen molar-refractivity contribution < 1.29 is 36.6 Å². The van der Waals surface area contributed by atoms with Gasteiger partial charge in [-0.05, 0) is 68.4 Å². The zero-order valence-electron chi connectivity index (χ0n) is 46.7. The summed E-state index contributed by atoms with van der Waals surface area (Å²) in [5.74, 6) is -1.25. The van der Waals surface area contributed by atoms with Gasteiger partial charge in [-0.1, -0.05) is 67.1 Å². The number of halogens is 4. The molecule has 20 heteroatoms. The van der Waals surface area contributed by atoms with E-state index in [1.807, 2.05) is 53.7 Å². The van der Waals surface area contributed by atoms with Crippen molar-refractivity contribution in [1.82, 2.24) is 34.5 Å². The third-order valence-electron chi connectivity index (χ3n) is 17.4. The Morgan fingerprint density at radius 2 is 1.61 bits per heavy atom. The minimum Gasteiger partial charge on any atom is -0.462 e. The van der Waals surface area contributed by atoms with Crippen molar-refractivity contribution in [2.45, 2.75) is 173 Å². The number of alkyl halides is 4. The molecule has 5 aliphatic rings. The molecule has 2 bridgehead atoms. The second-order valence-corrected chi connectivity index (χ2v) is 39.6. The first-order chi connectivity index (χ1) is 36.1. The molecule has 2 aliphatic carbocycles. The Morgan fingerprint density at radius 1 is 0.935 bits per heavy atom. The number of fused-ring (bicyclic) bond motifs is 7. The lowest BCUT2D eigenvalue weighted by molar-refractivity contribution is -0.217. The molecule has 3 aliphatic heterocycles. The summed E-state index contributed by atoms with van der Waals surface area (Å²) in [6.07, 6.45) is 4.27. The van der Waals surface area contributed by atoms with E-state index >= 15 is 8.78 Å². The van der Waals surface area contributed by atoms with Crippen molar-refractivity contribution >= 4 is 92.0 Å². The number of pyridine rings is 1. The molecule has 414 valence electrons. The molecule has 8 heterocycles. The summed E-state index contributed by atoms with van der Waals surface area (Å²) in [5, 5.41) is 10.8. The largest absolute Gasteiger partial charge is 0.462 e. The summed E-state index contributed by atoms with van der Waals surface area (Å²) in [4.78, 5) is 35.7. The number of thiophene rings is 2. The normalized spacial score (nSPS) is 22.9. The molecule has 12 nitrogen and oxygen atoms in total. The average molecular weight is 1130 g/mol. The smallest absolute Gasteiger partial charge is 0.410 e. The van der Waals surface area contributed by atoms with Crippen molar-refractivity contribution in [2.75, 3.05) is 50.8 Å². The second-order valence-electron chi connectivity index (χ2n) is 26.5. The Bertz CT molecular complexity index is 3300. The number of benzene rings is 1. The number of aromatic nitrogens is 5. The number of hydrogen-bond acceptors (Lipinski definition) is 12. The van der Waals surface area contributed by atoms with E-state index in [4.69, 9.17) is 34.3 Å². The van der Waals surface area contributed by atoms with Crippen molar-refractivity contribution in [3.05, 3.63) is 35.5 Å². The molecule has 1 amide bonds. The Labute approximate surface area is 459 Å². The van der Waals surface area contributed by atoms with E-state index in [1.165, 1.54) is 11.3 Å². The topological polar surface area (TPSA) is 111 Å². The first kappa shape index (κ1) is 54.6. The lowest BCUT2D eigenvalue weighted by Gasteiger charge is -2.59. The molecule has 11 rings (SSSR count). The van der Waals surface area contributed by atoms with Crippen LogP contribution in [0.15, 0.2) is 29.9 Å². The number of hydrogen-bond donors (Lipinski definition) is 0. The summed E-state index contributed by atoms with van der Waals surface area (Å²) < 4.78 is 81.4. The Kier molecular flexibility index (Phi) is 13.6. The van der Waals surface area contributed by atoms with Gasteiger partial charge in [0, 0.05) is 116 Å². The number of rotatable bonds is 15. The maximum absolute atomic E-state index is 15.6. The molecule has 0 unspecified atom stereocenters. The van der Waals surface area contributed by atoms with Gasteiger partial charge in [0.1, 0.15) is 37.7 Å². The Morgan fingerprint density at radius 3 is 2.22 bits per heavy atom. The molecule has 5 fully saturated rings. The summed E-state index contributed by atoms with van der Waals surface area (Å²) in [6, 6.07) is 4.95. The van der Waals surface area contributed by atoms with Gasteiger partial charge in [0.05, 0.1) is 45.0 Å². The molecule has 5 aromatic heterocycles. The Balaban J connectivity index is 1.04. The van der Waals surface area contributed by atoms with Crippen molar-refractivity contribution in [3.8, 4) is 28.7 Å². The van der Waals surface area contributed by atoms with Crippen LogP contribution >= 0.6 is 22.7 Å². The fourth-order valence-corrected chi connectivity index (χ4v) is 21.8. The van der Waals surface area contributed by atoms with E-state index in [1.54, 1.807) is 11.3 Å². The fraction of sp³-hybridized carbons (Fsp3) is 0.632. The number of carbonyl (C=O) groups is 1. The van der Waals surface area contributed by atoms with Crippen LogP contribution in [0.1, 0.15) is 100.0 Å². The first-order valence-electron chi connectivity index (χ1n) is 27.6. The maximum atomic E-state index is 15.6. The van der Waals surface area contributed by atoms with E-state index in [9.17, 15) is 13.6 Å². The van der Waals surface area contributed by atoms with Crippen molar-refractivity contribution in [3.63, 3.8) is 0 Å². The van der Waals surface area contributed by atoms with Crippen molar-refractivity contribution in [2.24, 2.45) is 10.8 Å². The minimum atomic E-state index is -2.99. The van der Waals surface area contributed by atoms with E-state index in [0.29, 0.717) is 66.8 Å². The Hall–Kier alpha value is -4.40. The monoisotopic (exact) mass is 1130 g/mol. The number of carbonyl (C=O) groups excluding carboxylic acids is 1. The summed E-state index contributed by atoms with van der Waals surface area (Å²) in [7, 11) is -3.47. The molecule has 77 heavy (non-hydrogen) atoms. The van der Waals surface area contributed by atoms with Crippen LogP contribution < -0.4 is 9.64 Å². The average Bonchev–Trinajstić information content (AvgIpc) is 4.00. The highest BCUT2D eigenvalue weighted by atomic mass is 32.1. The highest BCUT2D eigenvalue weighted by molar-refractivity contribution is 7.26. The van der Waals surface area contributed by atoms with Crippen molar-refractivity contribution in [1.29, 1.82) is 0 Å². The lowest BCUT2D eigenvalue weighted by Crippen LogP contribution is -2.66. The molecule has 1 spiro atoms. The van der Waals surface area contributed by atoms with E-state index in [-0.39, 0.29) is 56.6 Å². The molecule has 3 saturated heterocycles. The number of nitrogens with zero attached hydrogens (tertiary/aromatic N) is 8. The van der Waals surface area contributed by atoms with Crippen LogP contribution in [0, 0.1) is 22.3 Å². The molecule has 2 saturated carbocycles. The molecular weight excluding hydrogens is 1060 g/mol. The number of likely N-dealkylation sites (tertiary alicyclic amines) is 1. The van der Waals surface area contributed by atoms with Gasteiger partial charge in [0.25, 0.3) is 5.92 Å². The molecule has 3 atom stereocenters. The predicted molar refractivity (Wildman–Crippen MR) is 306 cm³/mol. The van der Waals surface area contributed by atoms with Gasteiger partial charge in [0.15, 0.2) is 0 Å². The van der Waals surface area contributed by atoms with Crippen LogP contribution in [0.2, 0.25) is 42.3 Å². The zero-order valence-corrected chi connectivity index (χ0v) is 50.3. The van der Waals surface area contributed by atoms with Crippen LogP contribution in [0.5, 0.6) is 6.01 Å². The van der Waals surface area contributed by atoms with Gasteiger partial charge in [-0.3, -0.25) is 9.88 Å². The summed E-state index contributed by atoms with van der Waals surface area (Å²) in [6.45, 7) is 29.0. The third-order valence-corrected chi connectivity index (χ3v) is 27.4. The van der Waals surface area contributed by atoms with E-state index in [0.717, 1.165) is 72.2 Å². The van der Waals surface area contributed by atoms with Crippen LogP contribution in [-0.2, 0) is 16.2 Å². The summed E-state index contributed by atoms with van der Waals surface area (Å²) >= 11 is 3.14. The van der Waals surface area contributed by atoms with Gasteiger partial charge in [0.2, 0.25) is 5.92 Å². The standard InChI is InChI=1S/C57H74F4N8O4S2Si2/c1-34(2)77(35(3)4,36(5)6)19-16-37-25-74-43-21-42-41(22-63-68(42)33-71-18-20-76(10,11)12)45(44(37)43)47-48-40(15-17-62-47)46-49(67-23-38-13-14-39(24-67)69(38)52(70)73-53(7,8)9)64-51(65-50(46)75-48)72-32-55(28-57(55,60)61)31-66-29-54(30-66)26-56(58,59)27-54/h15,17,21-22,25,34-36,38-39H,13-14,18,20,23-24,26-33H2,1-12H3/t38-,39+,55-/m1/s1. The van der Waals surface area contributed by atoms with Crippen LogP contribution in [0.3, 0.4) is 0 Å². The fourth-order valence-electron chi connectivity index (χ4n) is 13.7. The minimum absolute atomic E-state index is 0.0142. The highest BCUT2D eigenvalue weighted by Crippen LogP contribution is 2.64. The lowest BCUT2D eigenvalue weighted by atomic mass is 9.61. The predicted octanol–water partition coefficient (Wildman–Crippen LogP) is 14.1. The SMILES string of the molecule is CC(C)[Si](C#Cc1csc2cc3c(cnn3COCC[Si](C)(C)C)c(-c3nccc4c3sc3nc(OC[C@]5(CN6CC7(C6)CC(F)(F)C7)CC5(F)F)nc(N5C[C@H]6CC[C@@H](C5)N6C(=O)OC(C)(C)C)c34)c12)(C(C)C)C(C)C. The van der Waals surface area contributed by atoms with Gasteiger partial charge < -0.3 is 24.0 Å². The van der Waals surface area contributed by atoms with Crippen LogP contribution in [0.4, 0.5) is 28.2 Å². The molecule has 0 N–H and O–H groups in total. The van der Waals surface area contributed by atoms with E-state index in [2.05, 4.69) is 89.0 Å². The van der Waals surface area contributed by atoms with Gasteiger partial charge in [-0.15, -0.1) is 28.2 Å². The number of piperazine rings is 1. The quantitative estimate of drug-likeness (QED) is 0.0426. The van der Waals surface area contributed by atoms with Gasteiger partial charge >= 0.3 is 12.1 Å². The van der Waals surface area contributed by atoms with Gasteiger partial charge in [-0.2, -0.15) is 15.1 Å². The highest BCUT2D eigenvalue weighted by Gasteiger charge is 2.73. The third kappa shape index (κ3) is 9.86. The summed E-state index contributed by atoms with van der Waals surface area (Å²) in [5.41, 5.74) is 6.26. The van der Waals surface area contributed by atoms with Gasteiger partial charge in [-0.25, -0.2) is 27.0 Å². The van der Waals surface area contributed by atoms with Crippen LogP contribution in [-0.4, -0.2) is 132 Å². The zero-order chi connectivity index (χ0) is 55.0. The molecule has 0 radical (unpaired) electrons. The number of anilines is 1.